The van der Waals surface area contributed by atoms with Gasteiger partial charge in [-0.25, -0.2) is 0 Å². The molecule has 0 spiro atoms. The Bertz CT molecular complexity index is 144. The number of rotatable bonds is 0. The topological polar surface area (TPSA) is 60.8 Å². The summed E-state index contributed by atoms with van der Waals surface area (Å²) in [5.41, 5.74) is 0. The Balaban J connectivity index is 0.000000490. The number of imidazole rings is 1. The lowest BCUT2D eigenvalue weighted by Crippen LogP contribution is -3.00. The molecular weight excluding hydrogens is 128 g/mol. The Hall–Kier alpha value is -0.900. The molecule has 4 nitrogen and oxygen atoms in total. The normalized spacial score (nSPS) is 8.00. The van der Waals surface area contributed by atoms with Gasteiger partial charge in [0, 0.05) is 0 Å². The summed E-state index contributed by atoms with van der Waals surface area (Å²) >= 11 is 0. The summed E-state index contributed by atoms with van der Waals surface area (Å²) in [6.45, 7) is 0. The van der Waals surface area contributed by atoms with Crippen LogP contribution in [0.5, 0.6) is 0 Å². The maximum atomic E-state index is 5.19. The van der Waals surface area contributed by atoms with Gasteiger partial charge in [-0.1, -0.05) is 0 Å². The van der Waals surface area contributed by atoms with Crippen LogP contribution in [0.15, 0.2) is 18.7 Å². The molecule has 1 aromatic rings. The largest absolute Gasteiger partial charge is 1.00 e. The summed E-state index contributed by atoms with van der Waals surface area (Å²) < 4.78 is 2.75. The Kier molecular flexibility index (Phi) is 2.15. The van der Waals surface area contributed by atoms with Gasteiger partial charge in [-0.3, -0.25) is 11.7 Å². The lowest BCUT2D eigenvalue weighted by atomic mass is 11.0. The second kappa shape index (κ2) is 2.42. The number of hydrogen-bond acceptors (Lipinski definition) is 2. The Morgan fingerprint density at radius 3 is 2.25 bits per heavy atom. The second-order valence-electron chi connectivity index (χ2n) is 1.31. The summed E-state index contributed by atoms with van der Waals surface area (Å²) in [6, 6.07) is 0. The van der Waals surface area contributed by atoms with Crippen LogP contribution in [0.25, 0.3) is 0 Å². The van der Waals surface area contributed by atoms with E-state index >= 15 is 0 Å². The molecule has 0 aliphatic heterocycles. The van der Waals surface area contributed by atoms with Crippen molar-refractivity contribution in [1.82, 2.24) is 4.68 Å². The maximum absolute atomic E-state index is 5.19. The Labute approximate surface area is 53.1 Å². The number of aromatic nitrogens is 2. The minimum Gasteiger partial charge on any atom is -1.00 e. The number of nitrogens with two attached hydrogens (primary N) is 2. The van der Waals surface area contributed by atoms with Crippen LogP contribution in [0.1, 0.15) is 0 Å². The number of hydrogen-bond donors (Lipinski definition) is 2. The van der Waals surface area contributed by atoms with Crippen LogP contribution in [0, 0.1) is 0 Å². The lowest BCUT2D eigenvalue weighted by Gasteiger charge is -1.73. The van der Waals surface area contributed by atoms with Gasteiger partial charge in [-0.05, 0) is 0 Å². The monoisotopic (exact) mass is 134 g/mol. The van der Waals surface area contributed by atoms with E-state index in [1.807, 2.05) is 0 Å². The van der Waals surface area contributed by atoms with E-state index in [0.717, 1.165) is 0 Å². The van der Waals surface area contributed by atoms with Crippen LogP contribution in [0.4, 0.5) is 0 Å². The number of halogens is 1. The smallest absolute Gasteiger partial charge is 0.290 e. The van der Waals surface area contributed by atoms with Crippen LogP contribution in [0.2, 0.25) is 0 Å². The highest BCUT2D eigenvalue weighted by atomic mass is 35.5. The molecule has 0 saturated carbocycles. The fourth-order valence-electron chi connectivity index (χ4n) is 0.385. The highest BCUT2D eigenvalue weighted by Crippen LogP contribution is 1.65. The molecule has 0 aliphatic rings. The van der Waals surface area contributed by atoms with E-state index in [4.69, 9.17) is 11.7 Å². The minimum absolute atomic E-state index is 0. The lowest BCUT2D eigenvalue weighted by molar-refractivity contribution is -0.638. The van der Waals surface area contributed by atoms with Gasteiger partial charge in [0.15, 0.2) is 12.4 Å². The van der Waals surface area contributed by atoms with Crippen LogP contribution in [-0.2, 0) is 0 Å². The molecule has 0 unspecified atom stereocenters. The van der Waals surface area contributed by atoms with E-state index in [1.165, 1.54) is 9.35 Å². The predicted octanol–water partition coefficient (Wildman–Crippen LogP) is -4.79. The summed E-state index contributed by atoms with van der Waals surface area (Å²) in [5, 5.41) is 0. The van der Waals surface area contributed by atoms with E-state index in [9.17, 15) is 0 Å². The molecule has 0 aliphatic carbocycles. The van der Waals surface area contributed by atoms with E-state index in [1.54, 1.807) is 18.7 Å². The Morgan fingerprint density at radius 1 is 1.50 bits per heavy atom. The fraction of sp³-hybridized carbons (Fsp3) is 0. The summed E-state index contributed by atoms with van der Waals surface area (Å²) in [7, 11) is 0. The highest BCUT2D eigenvalue weighted by molar-refractivity contribution is 4.63. The highest BCUT2D eigenvalue weighted by Gasteiger charge is 1.89. The van der Waals surface area contributed by atoms with Crippen molar-refractivity contribution in [1.29, 1.82) is 0 Å². The van der Waals surface area contributed by atoms with Crippen LogP contribution < -0.4 is 28.8 Å². The SMILES string of the molecule is Nn1cc[n+](N)c1.[Cl-]. The van der Waals surface area contributed by atoms with Crippen molar-refractivity contribution >= 4 is 0 Å². The molecule has 46 valence electrons. The van der Waals surface area contributed by atoms with Gasteiger partial charge in [0.1, 0.15) is 0 Å². The van der Waals surface area contributed by atoms with Crippen molar-refractivity contribution in [3.63, 3.8) is 0 Å². The predicted molar refractivity (Wildman–Crippen MR) is 24.9 cm³/mol. The van der Waals surface area contributed by atoms with Crippen molar-refractivity contribution in [2.75, 3.05) is 11.7 Å². The van der Waals surface area contributed by atoms with Crippen LogP contribution >= 0.6 is 0 Å². The summed E-state index contributed by atoms with van der Waals surface area (Å²) in [5.74, 6) is 10.4. The third-order valence-electron chi connectivity index (χ3n) is 0.678. The van der Waals surface area contributed by atoms with E-state index in [2.05, 4.69) is 0 Å². The number of nitrogens with zero attached hydrogens (tertiary/aromatic N) is 2. The minimum atomic E-state index is 0. The molecule has 0 radical (unpaired) electrons. The van der Waals surface area contributed by atoms with Gasteiger partial charge in [-0.2, -0.15) is 0 Å². The quantitative estimate of drug-likeness (QED) is 0.276. The second-order valence-corrected chi connectivity index (χ2v) is 1.31. The van der Waals surface area contributed by atoms with Crippen molar-refractivity contribution < 1.29 is 17.1 Å². The molecule has 4 N–H and O–H groups in total. The molecule has 1 heterocycles. The summed E-state index contributed by atoms with van der Waals surface area (Å²) in [4.78, 5) is 0. The molecule has 1 aromatic heterocycles. The van der Waals surface area contributed by atoms with Gasteiger partial charge >= 0.3 is 0 Å². The first-order valence-electron chi connectivity index (χ1n) is 1.88. The zero-order valence-electron chi connectivity index (χ0n) is 4.16. The third kappa shape index (κ3) is 1.31. The standard InChI is InChI=1S/C3H7N4.ClH/c4-6-1-2-7(5)3-6;/h1-3H,4-5H2;1H/q+1;/p-1. The van der Waals surface area contributed by atoms with Crippen molar-refractivity contribution in [3.8, 4) is 0 Å². The molecule has 0 atom stereocenters. The van der Waals surface area contributed by atoms with Gasteiger partial charge in [0.05, 0.1) is 0 Å². The van der Waals surface area contributed by atoms with Gasteiger partial charge in [-0.15, -0.1) is 9.35 Å². The molecule has 0 amide bonds. The zero-order valence-corrected chi connectivity index (χ0v) is 4.92. The third-order valence-corrected chi connectivity index (χ3v) is 0.678. The molecule has 8 heavy (non-hydrogen) atoms. The zero-order chi connectivity index (χ0) is 5.28. The molecule has 5 heteroatoms. The van der Waals surface area contributed by atoms with Crippen LogP contribution in [-0.4, -0.2) is 4.68 Å². The van der Waals surface area contributed by atoms with Gasteiger partial charge < -0.3 is 12.4 Å². The fourth-order valence-corrected chi connectivity index (χ4v) is 0.385. The first kappa shape index (κ1) is 7.10. The van der Waals surface area contributed by atoms with Gasteiger partial charge in [0.25, 0.3) is 6.33 Å². The van der Waals surface area contributed by atoms with Crippen molar-refractivity contribution in [2.45, 2.75) is 0 Å². The first-order valence-corrected chi connectivity index (χ1v) is 1.88. The van der Waals surface area contributed by atoms with Crippen molar-refractivity contribution in [3.05, 3.63) is 18.7 Å². The van der Waals surface area contributed by atoms with E-state index in [-0.39, 0.29) is 12.4 Å². The molecule has 1 rings (SSSR count). The van der Waals surface area contributed by atoms with Crippen LogP contribution in [0.3, 0.4) is 0 Å². The molecule has 0 saturated heterocycles. The molecular formula is C3H7ClN4. The first-order chi connectivity index (χ1) is 3.29. The molecule has 0 fully saturated rings. The van der Waals surface area contributed by atoms with Gasteiger partial charge in [0.2, 0.25) is 0 Å². The maximum Gasteiger partial charge on any atom is 0.290 e. The summed E-state index contributed by atoms with van der Waals surface area (Å²) in [6.07, 6.45) is 4.86. The van der Waals surface area contributed by atoms with E-state index in [0.29, 0.717) is 0 Å². The number of nitrogen functional groups attached to an aromatic ring is 2. The van der Waals surface area contributed by atoms with E-state index < -0.39 is 0 Å². The molecule has 0 aromatic carbocycles. The van der Waals surface area contributed by atoms with Crippen molar-refractivity contribution in [2.24, 2.45) is 0 Å². The average molecular weight is 135 g/mol. The Morgan fingerprint density at radius 2 is 2.12 bits per heavy atom. The molecule has 0 bridgehead atoms. The average Bonchev–Trinajstić information content (AvgIpc) is 1.87.